The molecule has 0 unspecified atom stereocenters. The zero-order valence-electron chi connectivity index (χ0n) is 14.0. The summed E-state index contributed by atoms with van der Waals surface area (Å²) in [6, 6.07) is 21.5. The molecule has 24 heavy (non-hydrogen) atoms. The van der Waals surface area contributed by atoms with Crippen molar-refractivity contribution in [2.24, 2.45) is 5.92 Å². The number of rotatable bonds is 4. The van der Waals surface area contributed by atoms with Crippen molar-refractivity contribution in [1.82, 2.24) is 9.80 Å². The molecule has 2 saturated heterocycles. The van der Waals surface area contributed by atoms with Crippen LogP contribution >= 0.6 is 0 Å². The first-order valence-corrected chi connectivity index (χ1v) is 8.95. The van der Waals surface area contributed by atoms with Crippen LogP contribution in [0, 0.1) is 5.92 Å². The molecule has 2 aromatic carbocycles. The summed E-state index contributed by atoms with van der Waals surface area (Å²) >= 11 is 0. The molecule has 1 amide bonds. The first-order valence-electron chi connectivity index (χ1n) is 8.95. The third-order valence-corrected chi connectivity index (χ3v) is 5.27. The molecule has 3 nitrogen and oxygen atoms in total. The average Bonchev–Trinajstić information content (AvgIpc) is 3.13. The van der Waals surface area contributed by atoms with E-state index >= 15 is 0 Å². The van der Waals surface area contributed by atoms with Crippen molar-refractivity contribution in [3.05, 3.63) is 71.8 Å². The standard InChI is InChI=1S/C21H24N2O/c24-21(22-13-7-8-14-22)19-15-23(16-19)20(17-9-3-1-4-10-17)18-11-5-2-6-12-18/h1-6,9-12,19-20H,7-8,13-16H2. The summed E-state index contributed by atoms with van der Waals surface area (Å²) in [5, 5.41) is 0. The maximum Gasteiger partial charge on any atom is 0.228 e. The van der Waals surface area contributed by atoms with Crippen LogP contribution in [0.1, 0.15) is 30.0 Å². The van der Waals surface area contributed by atoms with E-state index in [1.54, 1.807) is 0 Å². The Bertz CT molecular complexity index is 634. The van der Waals surface area contributed by atoms with Gasteiger partial charge in [-0.25, -0.2) is 0 Å². The van der Waals surface area contributed by atoms with Crippen molar-refractivity contribution in [3.63, 3.8) is 0 Å². The van der Waals surface area contributed by atoms with Crippen LogP contribution in [0.15, 0.2) is 60.7 Å². The fourth-order valence-corrected chi connectivity index (χ4v) is 3.96. The summed E-state index contributed by atoms with van der Waals surface area (Å²) in [7, 11) is 0. The number of hydrogen-bond donors (Lipinski definition) is 0. The van der Waals surface area contributed by atoms with Crippen LogP contribution in [-0.4, -0.2) is 41.9 Å². The zero-order chi connectivity index (χ0) is 16.4. The van der Waals surface area contributed by atoms with E-state index in [2.05, 4.69) is 70.5 Å². The molecule has 0 spiro atoms. The molecule has 0 aliphatic carbocycles. The summed E-state index contributed by atoms with van der Waals surface area (Å²) < 4.78 is 0. The number of hydrogen-bond acceptors (Lipinski definition) is 2. The number of carbonyl (C=O) groups excluding carboxylic acids is 1. The molecule has 0 atom stereocenters. The van der Waals surface area contributed by atoms with Gasteiger partial charge in [-0.2, -0.15) is 0 Å². The van der Waals surface area contributed by atoms with Crippen LogP contribution in [0.3, 0.4) is 0 Å². The largest absolute Gasteiger partial charge is 0.342 e. The highest BCUT2D eigenvalue weighted by Crippen LogP contribution is 2.35. The van der Waals surface area contributed by atoms with E-state index in [0.717, 1.165) is 26.2 Å². The number of amides is 1. The molecule has 2 fully saturated rings. The Kier molecular flexibility index (Phi) is 4.35. The minimum Gasteiger partial charge on any atom is -0.342 e. The van der Waals surface area contributed by atoms with Gasteiger partial charge in [-0.05, 0) is 24.0 Å². The summed E-state index contributed by atoms with van der Waals surface area (Å²) in [5.41, 5.74) is 2.60. The number of nitrogens with zero attached hydrogens (tertiary/aromatic N) is 2. The van der Waals surface area contributed by atoms with Crippen molar-refractivity contribution in [3.8, 4) is 0 Å². The second-order valence-corrected chi connectivity index (χ2v) is 6.91. The van der Waals surface area contributed by atoms with Gasteiger partial charge in [-0.1, -0.05) is 60.7 Å². The van der Waals surface area contributed by atoms with Crippen molar-refractivity contribution >= 4 is 5.91 Å². The van der Waals surface area contributed by atoms with E-state index in [1.807, 2.05) is 0 Å². The van der Waals surface area contributed by atoms with Gasteiger partial charge in [0, 0.05) is 26.2 Å². The van der Waals surface area contributed by atoms with Gasteiger partial charge in [-0.15, -0.1) is 0 Å². The average molecular weight is 320 g/mol. The van der Waals surface area contributed by atoms with Gasteiger partial charge in [0.15, 0.2) is 0 Å². The molecule has 3 heteroatoms. The Labute approximate surface area is 143 Å². The smallest absolute Gasteiger partial charge is 0.228 e. The first kappa shape index (κ1) is 15.4. The number of likely N-dealkylation sites (tertiary alicyclic amines) is 2. The lowest BCUT2D eigenvalue weighted by molar-refractivity contribution is -0.140. The quantitative estimate of drug-likeness (QED) is 0.863. The Morgan fingerprint density at radius 1 is 0.833 bits per heavy atom. The normalized spacial score (nSPS) is 18.8. The lowest BCUT2D eigenvalue weighted by atomic mass is 9.89. The molecular formula is C21H24N2O. The van der Waals surface area contributed by atoms with Crippen LogP contribution in [-0.2, 0) is 4.79 Å². The lowest BCUT2D eigenvalue weighted by Gasteiger charge is -2.45. The van der Waals surface area contributed by atoms with Crippen molar-refractivity contribution in [1.29, 1.82) is 0 Å². The van der Waals surface area contributed by atoms with Gasteiger partial charge in [0.2, 0.25) is 5.91 Å². The van der Waals surface area contributed by atoms with Gasteiger partial charge in [0.1, 0.15) is 0 Å². The monoisotopic (exact) mass is 320 g/mol. The minimum atomic E-state index is 0.179. The molecule has 0 N–H and O–H groups in total. The highest BCUT2D eigenvalue weighted by Gasteiger charge is 2.39. The fraction of sp³-hybridized carbons (Fsp3) is 0.381. The van der Waals surface area contributed by atoms with Crippen LogP contribution in [0.2, 0.25) is 0 Å². The van der Waals surface area contributed by atoms with E-state index in [9.17, 15) is 4.79 Å². The molecular weight excluding hydrogens is 296 g/mol. The predicted octanol–water partition coefficient (Wildman–Crippen LogP) is 3.33. The van der Waals surface area contributed by atoms with Crippen LogP contribution in [0.5, 0.6) is 0 Å². The Hall–Kier alpha value is -2.13. The van der Waals surface area contributed by atoms with Gasteiger partial charge in [0.05, 0.1) is 12.0 Å². The topological polar surface area (TPSA) is 23.6 Å². The Morgan fingerprint density at radius 3 is 1.83 bits per heavy atom. The molecule has 0 aromatic heterocycles. The van der Waals surface area contributed by atoms with Crippen molar-refractivity contribution in [2.75, 3.05) is 26.2 Å². The zero-order valence-corrected chi connectivity index (χ0v) is 14.0. The maximum absolute atomic E-state index is 12.6. The first-order chi connectivity index (χ1) is 11.8. The van der Waals surface area contributed by atoms with Gasteiger partial charge in [-0.3, -0.25) is 9.69 Å². The number of benzene rings is 2. The highest BCUT2D eigenvalue weighted by molar-refractivity contribution is 5.80. The van der Waals surface area contributed by atoms with Crippen molar-refractivity contribution < 1.29 is 4.79 Å². The summed E-state index contributed by atoms with van der Waals surface area (Å²) in [6.45, 7) is 3.64. The van der Waals surface area contributed by atoms with E-state index in [1.165, 1.54) is 24.0 Å². The van der Waals surface area contributed by atoms with E-state index in [0.29, 0.717) is 5.91 Å². The van der Waals surface area contributed by atoms with Crippen LogP contribution in [0.25, 0.3) is 0 Å². The highest BCUT2D eigenvalue weighted by atomic mass is 16.2. The Morgan fingerprint density at radius 2 is 1.33 bits per heavy atom. The summed E-state index contributed by atoms with van der Waals surface area (Å²) in [4.78, 5) is 17.1. The minimum absolute atomic E-state index is 0.179. The molecule has 0 radical (unpaired) electrons. The number of carbonyl (C=O) groups is 1. The fourth-order valence-electron chi connectivity index (χ4n) is 3.96. The van der Waals surface area contributed by atoms with E-state index in [-0.39, 0.29) is 12.0 Å². The maximum atomic E-state index is 12.6. The SMILES string of the molecule is O=C(C1CN(C(c2ccccc2)c2ccccc2)C1)N1CCCC1. The van der Waals surface area contributed by atoms with Crippen LogP contribution in [0.4, 0.5) is 0 Å². The van der Waals surface area contributed by atoms with Crippen molar-refractivity contribution in [2.45, 2.75) is 18.9 Å². The second-order valence-electron chi connectivity index (χ2n) is 6.91. The Balaban J connectivity index is 1.50. The van der Waals surface area contributed by atoms with Gasteiger partial charge >= 0.3 is 0 Å². The molecule has 2 aromatic rings. The predicted molar refractivity (Wildman–Crippen MR) is 95.6 cm³/mol. The summed E-state index contributed by atoms with van der Waals surface area (Å²) in [6.07, 6.45) is 2.33. The third-order valence-electron chi connectivity index (χ3n) is 5.27. The molecule has 124 valence electrons. The second kappa shape index (κ2) is 6.78. The molecule has 2 aliphatic rings. The van der Waals surface area contributed by atoms with Gasteiger partial charge in [0.25, 0.3) is 0 Å². The molecule has 4 rings (SSSR count). The van der Waals surface area contributed by atoms with E-state index in [4.69, 9.17) is 0 Å². The summed E-state index contributed by atoms with van der Waals surface area (Å²) in [5.74, 6) is 0.543. The molecule has 2 heterocycles. The molecule has 0 bridgehead atoms. The van der Waals surface area contributed by atoms with E-state index < -0.39 is 0 Å². The lowest BCUT2D eigenvalue weighted by Crippen LogP contribution is -2.55. The van der Waals surface area contributed by atoms with Crippen LogP contribution < -0.4 is 0 Å². The third kappa shape index (κ3) is 2.96. The molecule has 0 saturated carbocycles. The molecule has 2 aliphatic heterocycles. The van der Waals surface area contributed by atoms with Gasteiger partial charge < -0.3 is 4.90 Å².